The molecular formula is C34H59NO2. The first-order chi connectivity index (χ1) is 17.5. The van der Waals surface area contributed by atoms with E-state index in [9.17, 15) is 4.79 Å². The average molecular weight is 514 g/mol. The van der Waals surface area contributed by atoms with Crippen LogP contribution < -0.4 is 0 Å². The predicted molar refractivity (Wildman–Crippen MR) is 155 cm³/mol. The molecule has 0 spiro atoms. The van der Waals surface area contributed by atoms with Crippen LogP contribution in [0.25, 0.3) is 0 Å². The molecule has 0 aromatic rings. The topological polar surface area (TPSA) is 29.5 Å². The molecule has 0 radical (unpaired) electrons. The van der Waals surface area contributed by atoms with E-state index >= 15 is 0 Å². The third kappa shape index (κ3) is 6.02. The Balaban J connectivity index is 1.35. The number of hydrogen-bond donors (Lipinski definition) is 0. The first-order valence-electron chi connectivity index (χ1n) is 16.0. The van der Waals surface area contributed by atoms with Crippen molar-refractivity contribution in [1.82, 2.24) is 4.90 Å². The van der Waals surface area contributed by atoms with Crippen molar-refractivity contribution >= 4 is 5.97 Å². The van der Waals surface area contributed by atoms with Crippen LogP contribution in [0.5, 0.6) is 0 Å². The lowest BCUT2D eigenvalue weighted by molar-refractivity contribution is -0.159. The number of rotatable bonds is 10. The molecule has 3 heteroatoms. The van der Waals surface area contributed by atoms with E-state index in [4.69, 9.17) is 4.74 Å². The predicted octanol–water partition coefficient (Wildman–Crippen LogP) is 8.53. The van der Waals surface area contributed by atoms with Gasteiger partial charge < -0.3 is 9.64 Å². The van der Waals surface area contributed by atoms with Gasteiger partial charge in [0.05, 0.1) is 0 Å². The van der Waals surface area contributed by atoms with Crippen LogP contribution in [0.4, 0.5) is 0 Å². The van der Waals surface area contributed by atoms with Crippen LogP contribution in [-0.4, -0.2) is 37.6 Å². The van der Waals surface area contributed by atoms with Crippen LogP contribution in [0.3, 0.4) is 0 Å². The Bertz CT molecular complexity index is 804. The third-order valence-electron chi connectivity index (χ3n) is 12.2. The second-order valence-corrected chi connectivity index (χ2v) is 15.1. The van der Waals surface area contributed by atoms with Crippen LogP contribution >= 0.6 is 0 Å². The maximum Gasteiger partial charge on any atom is 0.333 e. The normalized spacial score (nSPS) is 40.1. The van der Waals surface area contributed by atoms with E-state index in [-0.39, 0.29) is 12.1 Å². The highest BCUT2D eigenvalue weighted by Crippen LogP contribution is 2.68. The largest absolute Gasteiger partial charge is 0.459 e. The maximum absolute atomic E-state index is 12.7. The molecule has 4 rings (SSSR count). The van der Waals surface area contributed by atoms with Gasteiger partial charge >= 0.3 is 5.97 Å². The monoisotopic (exact) mass is 513 g/mol. The molecule has 0 N–H and O–H groups in total. The molecule has 4 aliphatic carbocycles. The fraction of sp³-hybridized carbons (Fsp3) is 0.912. The van der Waals surface area contributed by atoms with Crippen molar-refractivity contribution in [1.29, 1.82) is 0 Å². The number of ether oxygens (including phenoxy) is 1. The zero-order chi connectivity index (χ0) is 27.0. The highest BCUT2D eigenvalue weighted by atomic mass is 16.5. The second-order valence-electron chi connectivity index (χ2n) is 15.1. The molecule has 0 aromatic carbocycles. The SMILES string of the molecule is C=C(CCN(C)C)C(=O)O[C@H]1CC[C@@]2(C)[C@H](CC[C@@H]3[C@H]2CC[C@]2(C)C([C@H](C)CCCC(C)C)CC[C@H]32)C1. The molecule has 0 aliphatic heterocycles. The van der Waals surface area contributed by atoms with Crippen molar-refractivity contribution in [2.75, 3.05) is 20.6 Å². The van der Waals surface area contributed by atoms with Gasteiger partial charge in [0.1, 0.15) is 6.10 Å². The van der Waals surface area contributed by atoms with Gasteiger partial charge in [0.15, 0.2) is 0 Å². The van der Waals surface area contributed by atoms with Crippen molar-refractivity contribution in [2.24, 2.45) is 52.3 Å². The highest BCUT2D eigenvalue weighted by Gasteiger charge is 2.60. The molecule has 0 aromatic heterocycles. The smallest absolute Gasteiger partial charge is 0.333 e. The number of hydrogen-bond acceptors (Lipinski definition) is 3. The second kappa shape index (κ2) is 11.7. The first-order valence-corrected chi connectivity index (χ1v) is 16.0. The fourth-order valence-electron chi connectivity index (χ4n) is 10.0. The Morgan fingerprint density at radius 3 is 2.35 bits per heavy atom. The minimum absolute atomic E-state index is 0.0923. The van der Waals surface area contributed by atoms with E-state index < -0.39 is 0 Å². The average Bonchev–Trinajstić information content (AvgIpc) is 3.19. The van der Waals surface area contributed by atoms with Crippen LogP contribution in [0.2, 0.25) is 0 Å². The Morgan fingerprint density at radius 1 is 0.946 bits per heavy atom. The molecule has 4 saturated carbocycles. The molecule has 0 amide bonds. The van der Waals surface area contributed by atoms with Crippen molar-refractivity contribution in [3.8, 4) is 0 Å². The van der Waals surface area contributed by atoms with E-state index in [1.54, 1.807) is 0 Å². The molecule has 1 unspecified atom stereocenters. The number of nitrogens with zero attached hydrogens (tertiary/aromatic N) is 1. The summed E-state index contributed by atoms with van der Waals surface area (Å²) >= 11 is 0. The maximum atomic E-state index is 12.7. The Labute approximate surface area is 229 Å². The summed E-state index contributed by atoms with van der Waals surface area (Å²) in [7, 11) is 4.07. The highest BCUT2D eigenvalue weighted by molar-refractivity contribution is 5.87. The summed E-state index contributed by atoms with van der Waals surface area (Å²) in [6, 6.07) is 0. The number of fused-ring (bicyclic) bond motifs is 5. The number of carbonyl (C=O) groups excluding carboxylic acids is 1. The van der Waals surface area contributed by atoms with E-state index in [1.165, 1.54) is 64.2 Å². The van der Waals surface area contributed by atoms with Gasteiger partial charge in [-0.3, -0.25) is 0 Å². The van der Waals surface area contributed by atoms with Crippen molar-refractivity contribution in [2.45, 2.75) is 124 Å². The van der Waals surface area contributed by atoms with Gasteiger partial charge in [-0.05, 0) is 131 Å². The van der Waals surface area contributed by atoms with Gasteiger partial charge in [0.2, 0.25) is 0 Å². The van der Waals surface area contributed by atoms with E-state index in [0.29, 0.717) is 28.7 Å². The summed E-state index contributed by atoms with van der Waals surface area (Å²) in [5.74, 6) is 5.97. The molecular weight excluding hydrogens is 454 g/mol. The molecule has 3 nitrogen and oxygen atoms in total. The standard InChI is InChI=1S/C34H59NO2/c1-23(2)10-9-11-24(3)29-14-15-30-28-13-12-26-22-27(37-32(36)25(4)18-21-35(7)8)16-19-33(26,5)31(28)17-20-34(29,30)6/h23-24,26-31H,4,9-22H2,1-3,5-8H3/t24-,26-,27+,28+,29?,30-,31-,33+,34-/m1/s1. The molecule has 4 aliphatic rings. The van der Waals surface area contributed by atoms with E-state index in [1.807, 2.05) is 14.1 Å². The van der Waals surface area contributed by atoms with Gasteiger partial charge in [-0.1, -0.05) is 60.5 Å². The Kier molecular flexibility index (Phi) is 9.24. The van der Waals surface area contributed by atoms with Crippen molar-refractivity contribution < 1.29 is 9.53 Å². The van der Waals surface area contributed by atoms with Gasteiger partial charge in [-0.15, -0.1) is 0 Å². The van der Waals surface area contributed by atoms with E-state index in [2.05, 4.69) is 46.1 Å². The summed E-state index contributed by atoms with van der Waals surface area (Å²) in [6.07, 6.45) is 17.0. The summed E-state index contributed by atoms with van der Waals surface area (Å²) in [5.41, 5.74) is 1.64. The van der Waals surface area contributed by atoms with Crippen LogP contribution in [0.1, 0.15) is 118 Å². The minimum atomic E-state index is -0.155. The zero-order valence-corrected chi connectivity index (χ0v) is 25.5. The number of esters is 1. The molecule has 0 saturated heterocycles. The summed E-state index contributed by atoms with van der Waals surface area (Å²) in [4.78, 5) is 14.8. The molecule has 212 valence electrons. The summed E-state index contributed by atoms with van der Waals surface area (Å²) in [5, 5.41) is 0. The first kappa shape index (κ1) is 29.2. The molecule has 4 fully saturated rings. The van der Waals surface area contributed by atoms with Crippen molar-refractivity contribution in [3.63, 3.8) is 0 Å². The van der Waals surface area contributed by atoms with Gasteiger partial charge in [-0.25, -0.2) is 4.79 Å². The van der Waals surface area contributed by atoms with Gasteiger partial charge in [-0.2, -0.15) is 0 Å². The lowest BCUT2D eigenvalue weighted by Crippen LogP contribution is -2.54. The lowest BCUT2D eigenvalue weighted by atomic mass is 9.44. The fourth-order valence-corrected chi connectivity index (χ4v) is 10.0. The molecule has 9 atom stereocenters. The third-order valence-corrected chi connectivity index (χ3v) is 12.2. The van der Waals surface area contributed by atoms with Gasteiger partial charge in [0, 0.05) is 12.1 Å². The number of carbonyl (C=O) groups is 1. The summed E-state index contributed by atoms with van der Waals surface area (Å²) < 4.78 is 6.03. The minimum Gasteiger partial charge on any atom is -0.459 e. The van der Waals surface area contributed by atoms with E-state index in [0.717, 1.165) is 54.9 Å². The van der Waals surface area contributed by atoms with Crippen LogP contribution in [0, 0.1) is 52.3 Å². The lowest BCUT2D eigenvalue weighted by Gasteiger charge is -2.61. The Hall–Kier alpha value is -0.830. The van der Waals surface area contributed by atoms with Crippen LogP contribution in [0.15, 0.2) is 12.2 Å². The quantitative estimate of drug-likeness (QED) is 0.216. The molecule has 0 bridgehead atoms. The van der Waals surface area contributed by atoms with Gasteiger partial charge in [0.25, 0.3) is 0 Å². The Morgan fingerprint density at radius 2 is 1.65 bits per heavy atom. The summed E-state index contributed by atoms with van der Waals surface area (Å²) in [6.45, 7) is 17.5. The molecule has 0 heterocycles. The molecule has 37 heavy (non-hydrogen) atoms. The van der Waals surface area contributed by atoms with Crippen LogP contribution in [-0.2, 0) is 9.53 Å². The van der Waals surface area contributed by atoms with Crippen molar-refractivity contribution in [3.05, 3.63) is 12.2 Å². The zero-order valence-electron chi connectivity index (χ0n) is 25.5.